The molecule has 0 radical (unpaired) electrons. The number of carbonyl (C=O) groups is 1. The second-order valence-corrected chi connectivity index (χ2v) is 6.94. The largest absolute Gasteiger partial charge is 0.573 e. The maximum Gasteiger partial charge on any atom is 0.573 e. The summed E-state index contributed by atoms with van der Waals surface area (Å²) in [6.45, 7) is 0.537. The Labute approximate surface area is 159 Å². The summed E-state index contributed by atoms with van der Waals surface area (Å²) in [5.74, 6) is -1.26. The highest BCUT2D eigenvalue weighted by Gasteiger charge is 2.40. The van der Waals surface area contributed by atoms with E-state index in [9.17, 15) is 18.0 Å². The summed E-state index contributed by atoms with van der Waals surface area (Å²) in [6.07, 6.45) is -3.42. The van der Waals surface area contributed by atoms with Crippen LogP contribution in [0.4, 0.5) is 18.9 Å². The molecule has 1 saturated heterocycles. The summed E-state index contributed by atoms with van der Waals surface area (Å²) in [5.41, 5.74) is 2.44. The number of carboxylic acids is 1. The molecule has 2 heterocycles. The van der Waals surface area contributed by atoms with E-state index in [0.29, 0.717) is 17.9 Å². The van der Waals surface area contributed by atoms with Gasteiger partial charge in [-0.15, -0.1) is 13.2 Å². The molecule has 2 N–H and O–H groups in total. The van der Waals surface area contributed by atoms with E-state index in [1.54, 1.807) is 30.3 Å². The number of benzene rings is 2. The fraction of sp³-hybridized carbons (Fsp3) is 0.350. The monoisotopic (exact) mass is 393 g/mol. The first-order chi connectivity index (χ1) is 13.3. The summed E-state index contributed by atoms with van der Waals surface area (Å²) in [5, 5.41) is 12.5. The molecule has 28 heavy (non-hydrogen) atoms. The van der Waals surface area contributed by atoms with E-state index < -0.39 is 12.3 Å². The first kappa shape index (κ1) is 18.6. The molecule has 148 valence electrons. The average molecular weight is 393 g/mol. The Morgan fingerprint density at radius 1 is 1.18 bits per heavy atom. The highest BCUT2D eigenvalue weighted by molar-refractivity contribution is 5.87. The van der Waals surface area contributed by atoms with Gasteiger partial charge in [-0.2, -0.15) is 0 Å². The Hall–Kier alpha value is -2.74. The molecule has 1 fully saturated rings. The number of nitrogens with one attached hydrogen (secondary N) is 1. The van der Waals surface area contributed by atoms with Crippen molar-refractivity contribution < 1.29 is 32.5 Å². The maximum atomic E-state index is 12.6. The van der Waals surface area contributed by atoms with Crippen LogP contribution in [0.3, 0.4) is 0 Å². The number of alkyl halides is 3. The molecule has 0 amide bonds. The van der Waals surface area contributed by atoms with E-state index >= 15 is 0 Å². The predicted molar refractivity (Wildman–Crippen MR) is 94.3 cm³/mol. The first-order valence-corrected chi connectivity index (χ1v) is 8.93. The van der Waals surface area contributed by atoms with Crippen molar-refractivity contribution in [2.45, 2.75) is 31.3 Å². The van der Waals surface area contributed by atoms with Gasteiger partial charge in [0, 0.05) is 23.8 Å². The minimum Gasteiger partial charge on any atom is -0.478 e. The smallest absolute Gasteiger partial charge is 0.478 e. The topological polar surface area (TPSA) is 67.8 Å². The molecule has 0 aliphatic carbocycles. The van der Waals surface area contributed by atoms with Crippen molar-refractivity contribution in [3.05, 3.63) is 59.2 Å². The predicted octanol–water partition coefficient (Wildman–Crippen LogP) is 4.92. The Bertz CT molecular complexity index is 882. The second-order valence-electron chi connectivity index (χ2n) is 6.94. The van der Waals surface area contributed by atoms with E-state index in [4.69, 9.17) is 9.84 Å². The summed E-state index contributed by atoms with van der Waals surface area (Å²) < 4.78 is 47.7. The van der Waals surface area contributed by atoms with E-state index in [2.05, 4.69) is 10.1 Å². The van der Waals surface area contributed by atoms with Gasteiger partial charge in [-0.25, -0.2) is 4.79 Å². The quantitative estimate of drug-likeness (QED) is 0.775. The third-order valence-electron chi connectivity index (χ3n) is 5.19. The lowest BCUT2D eigenvalue weighted by molar-refractivity contribution is -0.274. The number of anilines is 1. The fourth-order valence-electron chi connectivity index (χ4n) is 4.01. The van der Waals surface area contributed by atoms with E-state index in [1.807, 2.05) is 0 Å². The number of fused-ring (bicyclic) bond motifs is 3. The number of rotatable bonds is 3. The van der Waals surface area contributed by atoms with Gasteiger partial charge >= 0.3 is 12.3 Å². The van der Waals surface area contributed by atoms with Crippen LogP contribution in [-0.4, -0.2) is 24.0 Å². The molecule has 2 aliphatic heterocycles. The van der Waals surface area contributed by atoms with Crippen LogP contribution in [0.5, 0.6) is 5.75 Å². The van der Waals surface area contributed by atoms with Gasteiger partial charge in [-0.05, 0) is 48.7 Å². The summed E-state index contributed by atoms with van der Waals surface area (Å²) in [6, 6.07) is 10.7. The molecule has 2 aliphatic rings. The summed E-state index contributed by atoms with van der Waals surface area (Å²) in [4.78, 5) is 11.1. The molecule has 0 saturated carbocycles. The zero-order chi connectivity index (χ0) is 19.9. The van der Waals surface area contributed by atoms with Gasteiger partial charge in [-0.3, -0.25) is 0 Å². The van der Waals surface area contributed by atoms with Crippen LogP contribution >= 0.6 is 0 Å². The summed E-state index contributed by atoms with van der Waals surface area (Å²) >= 11 is 0. The molecule has 2 aromatic rings. The van der Waals surface area contributed by atoms with Crippen molar-refractivity contribution in [3.63, 3.8) is 0 Å². The molecular formula is C20H18F3NO4. The first-order valence-electron chi connectivity index (χ1n) is 8.93. The molecule has 3 atom stereocenters. The van der Waals surface area contributed by atoms with Gasteiger partial charge in [0.05, 0.1) is 17.7 Å². The molecule has 8 heteroatoms. The minimum atomic E-state index is -4.75. The third kappa shape index (κ3) is 3.64. The molecule has 0 aromatic heterocycles. The fourth-order valence-corrected chi connectivity index (χ4v) is 4.01. The van der Waals surface area contributed by atoms with E-state index in [-0.39, 0.29) is 29.4 Å². The Morgan fingerprint density at radius 3 is 2.61 bits per heavy atom. The van der Waals surface area contributed by atoms with E-state index in [0.717, 1.165) is 18.4 Å². The van der Waals surface area contributed by atoms with Crippen molar-refractivity contribution in [2.24, 2.45) is 5.92 Å². The van der Waals surface area contributed by atoms with E-state index in [1.165, 1.54) is 12.1 Å². The zero-order valence-electron chi connectivity index (χ0n) is 14.7. The average Bonchev–Trinajstić information content (AvgIpc) is 2.66. The van der Waals surface area contributed by atoms with Crippen LogP contribution in [0.1, 0.15) is 46.5 Å². The SMILES string of the molecule is O=C(O)c1ccc([C@H]2Nc3ccc(OC(F)(F)F)cc3[C@@H]3OCCC[C@H]23)cc1. The van der Waals surface area contributed by atoms with Gasteiger partial charge < -0.3 is 19.9 Å². The normalized spacial score (nSPS) is 23.9. The lowest BCUT2D eigenvalue weighted by atomic mass is 9.77. The van der Waals surface area contributed by atoms with Crippen LogP contribution in [0.25, 0.3) is 0 Å². The van der Waals surface area contributed by atoms with Gasteiger partial charge in [-0.1, -0.05) is 12.1 Å². The minimum absolute atomic E-state index is 0.0121. The van der Waals surface area contributed by atoms with Crippen molar-refractivity contribution in [1.82, 2.24) is 0 Å². The number of halogens is 3. The molecular weight excluding hydrogens is 375 g/mol. The number of hydrogen-bond acceptors (Lipinski definition) is 4. The molecule has 0 bridgehead atoms. The Balaban J connectivity index is 1.68. The lowest BCUT2D eigenvalue weighted by Crippen LogP contribution is -2.36. The summed E-state index contributed by atoms with van der Waals surface area (Å²) in [7, 11) is 0. The Kier molecular flexibility index (Phi) is 4.66. The van der Waals surface area contributed by atoms with Crippen LogP contribution in [0, 0.1) is 5.92 Å². The van der Waals surface area contributed by atoms with Crippen molar-refractivity contribution in [2.75, 3.05) is 11.9 Å². The highest BCUT2D eigenvalue weighted by atomic mass is 19.4. The van der Waals surface area contributed by atoms with Crippen LogP contribution in [0.2, 0.25) is 0 Å². The van der Waals surface area contributed by atoms with Crippen LogP contribution in [-0.2, 0) is 4.74 Å². The standard InChI is InChI=1S/C20H18F3NO4/c21-20(22,23)28-13-7-8-16-15(10-13)18-14(2-1-9-27-18)17(24-16)11-3-5-12(6-4-11)19(25)26/h3-8,10,14,17-18,24H,1-2,9H2,(H,25,26)/t14-,17-,18-/m1/s1. The van der Waals surface area contributed by atoms with Crippen molar-refractivity contribution in [1.29, 1.82) is 0 Å². The number of carboxylic acid groups (broad SMARTS) is 1. The van der Waals surface area contributed by atoms with Crippen molar-refractivity contribution >= 4 is 11.7 Å². The van der Waals surface area contributed by atoms with Gasteiger partial charge in [0.15, 0.2) is 0 Å². The second kappa shape index (κ2) is 7.01. The third-order valence-corrected chi connectivity index (χ3v) is 5.19. The number of hydrogen-bond donors (Lipinski definition) is 2. The number of aromatic carboxylic acids is 1. The molecule has 5 nitrogen and oxygen atoms in total. The Morgan fingerprint density at radius 2 is 1.93 bits per heavy atom. The lowest BCUT2D eigenvalue weighted by Gasteiger charge is -2.43. The molecule has 0 unspecified atom stereocenters. The van der Waals surface area contributed by atoms with Crippen LogP contribution < -0.4 is 10.1 Å². The van der Waals surface area contributed by atoms with Gasteiger partial charge in [0.25, 0.3) is 0 Å². The number of ether oxygens (including phenoxy) is 2. The van der Waals surface area contributed by atoms with Gasteiger partial charge in [0.2, 0.25) is 0 Å². The molecule has 0 spiro atoms. The van der Waals surface area contributed by atoms with Crippen LogP contribution in [0.15, 0.2) is 42.5 Å². The van der Waals surface area contributed by atoms with Crippen molar-refractivity contribution in [3.8, 4) is 5.75 Å². The highest BCUT2D eigenvalue weighted by Crippen LogP contribution is 2.50. The molecule has 4 rings (SSSR count). The zero-order valence-corrected chi connectivity index (χ0v) is 14.7. The molecule has 2 aromatic carbocycles. The van der Waals surface area contributed by atoms with Gasteiger partial charge in [0.1, 0.15) is 5.75 Å². The maximum absolute atomic E-state index is 12.6.